The molecule has 8 heteroatoms. The smallest absolute Gasteiger partial charge is 0.220 e. The fourth-order valence-electron chi connectivity index (χ4n) is 3.72. The Kier molecular flexibility index (Phi) is 5.13. The molecule has 140 valence electrons. The summed E-state index contributed by atoms with van der Waals surface area (Å²) in [5.74, 6) is 4.17. The number of aryl methyl sites for hydroxylation is 2. The molecule has 1 saturated heterocycles. The molecule has 4 heterocycles. The first-order valence-corrected chi connectivity index (χ1v) is 10.3. The number of fused-ring (bicyclic) bond motifs is 1. The minimum atomic E-state index is 0.120. The average Bonchev–Trinajstić information content (AvgIpc) is 3.18. The highest BCUT2D eigenvalue weighted by Crippen LogP contribution is 2.31. The van der Waals surface area contributed by atoms with E-state index in [-0.39, 0.29) is 6.10 Å². The van der Waals surface area contributed by atoms with Gasteiger partial charge in [0.15, 0.2) is 5.16 Å². The lowest BCUT2D eigenvalue weighted by molar-refractivity contribution is 0.250. The van der Waals surface area contributed by atoms with Gasteiger partial charge >= 0.3 is 0 Å². The molecule has 1 N–H and O–H groups in total. The van der Waals surface area contributed by atoms with Crippen molar-refractivity contribution in [1.82, 2.24) is 30.0 Å². The standard InChI is InChI=1S/C18H26N6OS/c1-11-15-9-14(25-17(15)21-12(2)20-11)10-26-18-23-22-16(24(18)3)8-13-4-6-19-7-5-13/h13-14,19H,4-10H2,1-3H3/t14-/m0/s1. The van der Waals surface area contributed by atoms with E-state index in [0.717, 1.165) is 71.5 Å². The van der Waals surface area contributed by atoms with Crippen molar-refractivity contribution in [3.05, 3.63) is 22.9 Å². The number of hydrogen-bond donors (Lipinski definition) is 1. The van der Waals surface area contributed by atoms with E-state index >= 15 is 0 Å². The van der Waals surface area contributed by atoms with E-state index in [1.807, 2.05) is 13.8 Å². The Morgan fingerprint density at radius 2 is 2.00 bits per heavy atom. The molecule has 0 bridgehead atoms. The highest BCUT2D eigenvalue weighted by molar-refractivity contribution is 7.99. The second-order valence-electron chi connectivity index (χ2n) is 7.25. The van der Waals surface area contributed by atoms with Crippen LogP contribution in [0, 0.1) is 19.8 Å². The SMILES string of the molecule is Cc1nc(C)c2c(n1)O[C@H](CSc1nnc(CC3CCNCC3)n1C)C2. The van der Waals surface area contributed by atoms with Gasteiger partial charge in [0.1, 0.15) is 17.8 Å². The van der Waals surface area contributed by atoms with Gasteiger partial charge < -0.3 is 14.6 Å². The van der Waals surface area contributed by atoms with Gasteiger partial charge in [-0.05, 0) is 45.7 Å². The maximum Gasteiger partial charge on any atom is 0.220 e. The Bertz CT molecular complexity index is 786. The van der Waals surface area contributed by atoms with Crippen molar-refractivity contribution >= 4 is 11.8 Å². The molecule has 0 amide bonds. The van der Waals surface area contributed by atoms with Crippen molar-refractivity contribution in [2.24, 2.45) is 13.0 Å². The Morgan fingerprint density at radius 3 is 2.81 bits per heavy atom. The minimum Gasteiger partial charge on any atom is -0.473 e. The van der Waals surface area contributed by atoms with Crippen molar-refractivity contribution < 1.29 is 4.74 Å². The summed E-state index contributed by atoms with van der Waals surface area (Å²) in [6, 6.07) is 0. The summed E-state index contributed by atoms with van der Waals surface area (Å²) in [6.07, 6.45) is 4.46. The summed E-state index contributed by atoms with van der Waals surface area (Å²) in [5, 5.41) is 13.2. The predicted octanol–water partition coefficient (Wildman–Crippen LogP) is 1.86. The van der Waals surface area contributed by atoms with Gasteiger partial charge in [0.25, 0.3) is 0 Å². The zero-order chi connectivity index (χ0) is 18.1. The summed E-state index contributed by atoms with van der Waals surface area (Å²) >= 11 is 1.71. The van der Waals surface area contributed by atoms with Crippen LogP contribution in [0.5, 0.6) is 5.88 Å². The third kappa shape index (κ3) is 3.71. The van der Waals surface area contributed by atoms with Crippen molar-refractivity contribution in [3.8, 4) is 5.88 Å². The van der Waals surface area contributed by atoms with Crippen LogP contribution in [0.2, 0.25) is 0 Å². The third-order valence-corrected chi connectivity index (χ3v) is 6.40. The second kappa shape index (κ2) is 7.52. The molecule has 0 radical (unpaired) electrons. The van der Waals surface area contributed by atoms with Crippen LogP contribution in [0.25, 0.3) is 0 Å². The fraction of sp³-hybridized carbons (Fsp3) is 0.667. The molecule has 0 aromatic carbocycles. The third-order valence-electron chi connectivity index (χ3n) is 5.25. The summed E-state index contributed by atoms with van der Waals surface area (Å²) in [6.45, 7) is 6.17. The molecule has 2 aromatic heterocycles. The monoisotopic (exact) mass is 374 g/mol. The number of thioether (sulfide) groups is 1. The maximum atomic E-state index is 6.02. The first-order valence-electron chi connectivity index (χ1n) is 9.32. The van der Waals surface area contributed by atoms with E-state index in [0.29, 0.717) is 0 Å². The Labute approximate surface area is 158 Å². The largest absolute Gasteiger partial charge is 0.473 e. The van der Waals surface area contributed by atoms with Gasteiger partial charge in [-0.25, -0.2) is 4.98 Å². The number of rotatable bonds is 5. The second-order valence-corrected chi connectivity index (χ2v) is 8.24. The Hall–Kier alpha value is -1.67. The number of piperidine rings is 1. The first-order chi connectivity index (χ1) is 12.6. The van der Waals surface area contributed by atoms with E-state index in [2.05, 4.69) is 37.1 Å². The lowest BCUT2D eigenvalue weighted by atomic mass is 9.94. The number of nitrogens with one attached hydrogen (secondary N) is 1. The molecule has 2 aromatic rings. The van der Waals surface area contributed by atoms with E-state index < -0.39 is 0 Å². The molecular formula is C18H26N6OS. The molecule has 0 saturated carbocycles. The minimum absolute atomic E-state index is 0.120. The molecule has 0 unspecified atom stereocenters. The van der Waals surface area contributed by atoms with Crippen LogP contribution in [-0.4, -0.2) is 49.7 Å². The van der Waals surface area contributed by atoms with Crippen LogP contribution in [0.4, 0.5) is 0 Å². The number of ether oxygens (including phenoxy) is 1. The van der Waals surface area contributed by atoms with Crippen molar-refractivity contribution in [3.63, 3.8) is 0 Å². The van der Waals surface area contributed by atoms with Crippen LogP contribution < -0.4 is 10.1 Å². The molecular weight excluding hydrogens is 348 g/mol. The highest BCUT2D eigenvalue weighted by atomic mass is 32.2. The van der Waals surface area contributed by atoms with Crippen molar-refractivity contribution in [1.29, 1.82) is 0 Å². The lowest BCUT2D eigenvalue weighted by Crippen LogP contribution is -2.29. The van der Waals surface area contributed by atoms with E-state index in [1.165, 1.54) is 12.8 Å². The molecule has 2 aliphatic heterocycles. The van der Waals surface area contributed by atoms with Crippen LogP contribution in [0.1, 0.15) is 35.7 Å². The first kappa shape index (κ1) is 17.7. The van der Waals surface area contributed by atoms with Crippen LogP contribution in [0.15, 0.2) is 5.16 Å². The van der Waals surface area contributed by atoms with Gasteiger partial charge in [-0.1, -0.05) is 11.8 Å². The number of hydrogen-bond acceptors (Lipinski definition) is 7. The van der Waals surface area contributed by atoms with Gasteiger partial charge in [-0.15, -0.1) is 10.2 Å². The zero-order valence-corrected chi connectivity index (χ0v) is 16.5. The lowest BCUT2D eigenvalue weighted by Gasteiger charge is -2.21. The number of nitrogens with zero attached hydrogens (tertiary/aromatic N) is 5. The predicted molar refractivity (Wildman–Crippen MR) is 101 cm³/mol. The normalized spacial score (nSPS) is 20.2. The van der Waals surface area contributed by atoms with Crippen LogP contribution in [0.3, 0.4) is 0 Å². The molecule has 2 aliphatic rings. The van der Waals surface area contributed by atoms with Gasteiger partial charge in [-0.2, -0.15) is 4.98 Å². The fourth-order valence-corrected chi connectivity index (χ4v) is 4.64. The van der Waals surface area contributed by atoms with Gasteiger partial charge in [-0.3, -0.25) is 0 Å². The highest BCUT2D eigenvalue weighted by Gasteiger charge is 2.27. The molecule has 0 aliphatic carbocycles. The average molecular weight is 375 g/mol. The summed E-state index contributed by atoms with van der Waals surface area (Å²) in [7, 11) is 2.07. The molecule has 0 spiro atoms. The van der Waals surface area contributed by atoms with E-state index in [1.54, 1.807) is 11.8 Å². The van der Waals surface area contributed by atoms with E-state index in [4.69, 9.17) is 4.74 Å². The van der Waals surface area contributed by atoms with Crippen molar-refractivity contribution in [2.45, 2.75) is 50.8 Å². The topological polar surface area (TPSA) is 77.8 Å². The Morgan fingerprint density at radius 1 is 1.19 bits per heavy atom. The molecule has 7 nitrogen and oxygen atoms in total. The summed E-state index contributed by atoms with van der Waals surface area (Å²) < 4.78 is 8.17. The van der Waals surface area contributed by atoms with Gasteiger partial charge in [0, 0.05) is 36.9 Å². The molecule has 1 atom stereocenters. The quantitative estimate of drug-likeness (QED) is 0.800. The van der Waals surface area contributed by atoms with Crippen LogP contribution in [-0.2, 0) is 19.9 Å². The van der Waals surface area contributed by atoms with Crippen molar-refractivity contribution in [2.75, 3.05) is 18.8 Å². The molecule has 4 rings (SSSR count). The zero-order valence-electron chi connectivity index (χ0n) is 15.7. The maximum absolute atomic E-state index is 6.02. The Balaban J connectivity index is 1.35. The molecule has 26 heavy (non-hydrogen) atoms. The van der Waals surface area contributed by atoms with E-state index in [9.17, 15) is 0 Å². The van der Waals surface area contributed by atoms with Gasteiger partial charge in [0.2, 0.25) is 5.88 Å². The summed E-state index contributed by atoms with van der Waals surface area (Å²) in [4.78, 5) is 8.87. The van der Waals surface area contributed by atoms with Crippen LogP contribution >= 0.6 is 11.8 Å². The number of aromatic nitrogens is 5. The van der Waals surface area contributed by atoms with Gasteiger partial charge in [0.05, 0.1) is 0 Å². The summed E-state index contributed by atoms with van der Waals surface area (Å²) in [5.41, 5.74) is 2.17. The molecule has 1 fully saturated rings.